The van der Waals surface area contributed by atoms with Crippen LogP contribution in [0.1, 0.15) is 12.0 Å². The molecule has 5 nitrogen and oxygen atoms in total. The maximum Gasteiger partial charge on any atom is 0.224 e. The van der Waals surface area contributed by atoms with Gasteiger partial charge in [0.05, 0.1) is 26.2 Å². The van der Waals surface area contributed by atoms with Gasteiger partial charge < -0.3 is 14.8 Å². The van der Waals surface area contributed by atoms with E-state index >= 15 is 0 Å². The molecule has 2 aliphatic rings. The lowest BCUT2D eigenvalue weighted by Crippen LogP contribution is -2.52. The first-order chi connectivity index (χ1) is 11.7. The second-order valence-corrected chi connectivity index (χ2v) is 6.41. The Labute approximate surface area is 142 Å². The number of nitrogens with zero attached hydrogens (tertiary/aromatic N) is 1. The van der Waals surface area contributed by atoms with Crippen molar-refractivity contribution in [1.29, 1.82) is 0 Å². The van der Waals surface area contributed by atoms with Gasteiger partial charge in [-0.05, 0) is 18.1 Å². The third kappa shape index (κ3) is 4.53. The molecular weight excluding hydrogens is 311 g/mol. The quantitative estimate of drug-likeness (QED) is 0.849. The second-order valence-electron chi connectivity index (χ2n) is 6.41. The van der Waals surface area contributed by atoms with Crippen LogP contribution in [0.4, 0.5) is 4.39 Å². The Bertz CT molecular complexity index is 543. The van der Waals surface area contributed by atoms with Crippen molar-refractivity contribution in [3.63, 3.8) is 0 Å². The van der Waals surface area contributed by atoms with Gasteiger partial charge in [-0.25, -0.2) is 4.39 Å². The van der Waals surface area contributed by atoms with Crippen LogP contribution >= 0.6 is 0 Å². The molecule has 1 aromatic rings. The topological polar surface area (TPSA) is 50.8 Å². The molecule has 0 radical (unpaired) electrons. The van der Waals surface area contributed by atoms with Gasteiger partial charge >= 0.3 is 0 Å². The number of morpholine rings is 1. The lowest BCUT2D eigenvalue weighted by Gasteiger charge is -2.37. The SMILES string of the molecule is O=C(Cc1ccccc1F)NCC(C1CCOC1)N1CCOCC1. The van der Waals surface area contributed by atoms with Crippen LogP contribution in [-0.4, -0.2) is 62.9 Å². The summed E-state index contributed by atoms with van der Waals surface area (Å²) in [6.45, 7) is 5.32. The van der Waals surface area contributed by atoms with E-state index in [0.29, 0.717) is 18.0 Å². The van der Waals surface area contributed by atoms with E-state index in [-0.39, 0.29) is 24.2 Å². The Kier molecular flexibility index (Phi) is 6.18. The van der Waals surface area contributed by atoms with Crippen LogP contribution in [0.25, 0.3) is 0 Å². The number of hydrogen-bond acceptors (Lipinski definition) is 4. The molecule has 1 amide bonds. The van der Waals surface area contributed by atoms with Crippen LogP contribution in [-0.2, 0) is 20.7 Å². The van der Waals surface area contributed by atoms with Crippen molar-refractivity contribution in [3.8, 4) is 0 Å². The van der Waals surface area contributed by atoms with E-state index in [9.17, 15) is 9.18 Å². The number of ether oxygens (including phenoxy) is 2. The minimum Gasteiger partial charge on any atom is -0.381 e. The molecule has 2 fully saturated rings. The lowest BCUT2D eigenvalue weighted by atomic mass is 9.96. The first-order valence-corrected chi connectivity index (χ1v) is 8.63. The molecule has 2 saturated heterocycles. The number of amides is 1. The van der Waals surface area contributed by atoms with E-state index in [1.165, 1.54) is 6.07 Å². The summed E-state index contributed by atoms with van der Waals surface area (Å²) in [5.74, 6) is -0.0456. The maximum atomic E-state index is 13.7. The fourth-order valence-electron chi connectivity index (χ4n) is 3.45. The van der Waals surface area contributed by atoms with E-state index < -0.39 is 0 Å². The van der Waals surface area contributed by atoms with E-state index in [1.54, 1.807) is 18.2 Å². The summed E-state index contributed by atoms with van der Waals surface area (Å²) in [5, 5.41) is 2.99. The maximum absolute atomic E-state index is 13.7. The predicted octanol–water partition coefficient (Wildman–Crippen LogP) is 1.22. The Morgan fingerprint density at radius 2 is 2.04 bits per heavy atom. The smallest absolute Gasteiger partial charge is 0.224 e. The molecule has 0 spiro atoms. The highest BCUT2D eigenvalue weighted by atomic mass is 19.1. The zero-order valence-electron chi connectivity index (χ0n) is 13.9. The number of nitrogens with one attached hydrogen (secondary N) is 1. The highest BCUT2D eigenvalue weighted by Gasteiger charge is 2.31. The summed E-state index contributed by atoms with van der Waals surface area (Å²) in [4.78, 5) is 14.6. The van der Waals surface area contributed by atoms with E-state index in [1.807, 2.05) is 0 Å². The molecule has 1 aromatic carbocycles. The van der Waals surface area contributed by atoms with Crippen LogP contribution in [0.3, 0.4) is 0 Å². The summed E-state index contributed by atoms with van der Waals surface area (Å²) < 4.78 is 24.6. The molecule has 2 aliphatic heterocycles. The van der Waals surface area contributed by atoms with Gasteiger partial charge in [0.2, 0.25) is 5.91 Å². The number of benzene rings is 1. The number of carbonyl (C=O) groups excluding carboxylic acids is 1. The monoisotopic (exact) mass is 336 g/mol. The van der Waals surface area contributed by atoms with Crippen molar-refractivity contribution in [3.05, 3.63) is 35.6 Å². The summed E-state index contributed by atoms with van der Waals surface area (Å²) in [6.07, 6.45) is 1.09. The predicted molar refractivity (Wildman–Crippen MR) is 88.2 cm³/mol. The molecule has 0 saturated carbocycles. The standard InChI is InChI=1S/C18H25FN2O3/c19-16-4-2-1-3-14(16)11-18(22)20-12-17(15-5-8-24-13-15)21-6-9-23-10-7-21/h1-4,15,17H,5-13H2,(H,20,22). The van der Waals surface area contributed by atoms with Crippen molar-refractivity contribution in [2.75, 3.05) is 46.1 Å². The van der Waals surface area contributed by atoms with Crippen molar-refractivity contribution in [2.24, 2.45) is 5.92 Å². The van der Waals surface area contributed by atoms with Crippen LogP contribution in [0.5, 0.6) is 0 Å². The van der Waals surface area contributed by atoms with Crippen molar-refractivity contribution < 1.29 is 18.7 Å². The highest BCUT2D eigenvalue weighted by Crippen LogP contribution is 2.22. The highest BCUT2D eigenvalue weighted by molar-refractivity contribution is 5.78. The molecule has 1 N–H and O–H groups in total. The van der Waals surface area contributed by atoms with Gasteiger partial charge in [-0.1, -0.05) is 18.2 Å². The molecule has 2 unspecified atom stereocenters. The van der Waals surface area contributed by atoms with Crippen molar-refractivity contribution in [1.82, 2.24) is 10.2 Å². The molecule has 24 heavy (non-hydrogen) atoms. The molecule has 2 atom stereocenters. The van der Waals surface area contributed by atoms with Crippen LogP contribution in [0, 0.1) is 11.7 Å². The summed E-state index contributed by atoms with van der Waals surface area (Å²) in [7, 11) is 0. The minimum absolute atomic E-state index is 0.0731. The first kappa shape index (κ1) is 17.3. The zero-order chi connectivity index (χ0) is 16.8. The van der Waals surface area contributed by atoms with Gasteiger partial charge in [0, 0.05) is 38.2 Å². The van der Waals surface area contributed by atoms with Gasteiger partial charge in [0.15, 0.2) is 0 Å². The molecular formula is C18H25FN2O3. The Balaban J connectivity index is 1.56. The van der Waals surface area contributed by atoms with E-state index in [4.69, 9.17) is 9.47 Å². The van der Waals surface area contributed by atoms with Crippen molar-refractivity contribution in [2.45, 2.75) is 18.9 Å². The normalized spacial score (nSPS) is 23.1. The average molecular weight is 336 g/mol. The zero-order valence-corrected chi connectivity index (χ0v) is 13.9. The molecule has 6 heteroatoms. The Hall–Kier alpha value is -1.50. The number of rotatable bonds is 6. The van der Waals surface area contributed by atoms with Gasteiger partial charge in [-0.2, -0.15) is 0 Å². The molecule has 0 bridgehead atoms. The summed E-state index contributed by atoms with van der Waals surface area (Å²) in [6, 6.07) is 6.67. The van der Waals surface area contributed by atoms with Gasteiger partial charge in [0.25, 0.3) is 0 Å². The molecule has 0 aliphatic carbocycles. The molecule has 0 aromatic heterocycles. The molecule has 3 rings (SSSR count). The fraction of sp³-hybridized carbons (Fsp3) is 0.611. The Morgan fingerprint density at radius 1 is 1.25 bits per heavy atom. The summed E-state index contributed by atoms with van der Waals surface area (Å²) >= 11 is 0. The van der Waals surface area contributed by atoms with Gasteiger partial charge in [-0.3, -0.25) is 9.69 Å². The van der Waals surface area contributed by atoms with Gasteiger partial charge in [0.1, 0.15) is 5.82 Å². The number of carbonyl (C=O) groups is 1. The Morgan fingerprint density at radius 3 is 2.75 bits per heavy atom. The van der Waals surface area contributed by atoms with Crippen molar-refractivity contribution >= 4 is 5.91 Å². The first-order valence-electron chi connectivity index (χ1n) is 8.63. The minimum atomic E-state index is -0.332. The third-order valence-corrected chi connectivity index (χ3v) is 4.84. The van der Waals surface area contributed by atoms with Gasteiger partial charge in [-0.15, -0.1) is 0 Å². The van der Waals surface area contributed by atoms with E-state index in [2.05, 4.69) is 10.2 Å². The molecule has 2 heterocycles. The fourth-order valence-corrected chi connectivity index (χ4v) is 3.45. The average Bonchev–Trinajstić information content (AvgIpc) is 3.12. The van der Waals surface area contributed by atoms with Crippen LogP contribution in [0.15, 0.2) is 24.3 Å². The second kappa shape index (κ2) is 8.55. The molecule has 132 valence electrons. The third-order valence-electron chi connectivity index (χ3n) is 4.84. The largest absolute Gasteiger partial charge is 0.381 e. The summed E-state index contributed by atoms with van der Waals surface area (Å²) in [5.41, 5.74) is 0.433. The van der Waals surface area contributed by atoms with Crippen LogP contribution in [0.2, 0.25) is 0 Å². The number of hydrogen-bond donors (Lipinski definition) is 1. The number of halogens is 1. The van der Waals surface area contributed by atoms with Crippen LogP contribution < -0.4 is 5.32 Å². The lowest BCUT2D eigenvalue weighted by molar-refractivity contribution is -0.121. The van der Waals surface area contributed by atoms with E-state index in [0.717, 1.165) is 45.9 Å².